The van der Waals surface area contributed by atoms with Crippen LogP contribution in [0.1, 0.15) is 35.2 Å². The van der Waals surface area contributed by atoms with Crippen LogP contribution in [-0.2, 0) is 25.6 Å². The molecule has 6 atom stereocenters. The SMILES string of the molecule is CN1CCCC1=Nc1ccc(-c2ccc(O)c3c2C[C@@H]2C[C@@H]4[C@@H](N(C)C)C(=O)C(C(N)=O)C(=O)[C@@]4(O)C(=O)C2C3=O)cc1. The highest BCUT2D eigenvalue weighted by atomic mass is 16.3. The Kier molecular flexibility index (Phi) is 6.85. The number of fused-ring (bicyclic) bond motifs is 3. The molecule has 2 unspecified atom stereocenters. The summed E-state index contributed by atoms with van der Waals surface area (Å²) in [6, 6.07) is 9.55. The molecule has 1 heterocycles. The molecule has 6 rings (SSSR count). The number of primary amides is 1. The Morgan fingerprint density at radius 1 is 1.07 bits per heavy atom. The number of phenolic OH excluding ortho intramolecular Hbond substituents is 1. The number of aromatic hydroxyl groups is 1. The van der Waals surface area contributed by atoms with Crippen molar-refractivity contribution in [2.75, 3.05) is 27.7 Å². The molecule has 0 aromatic heterocycles. The van der Waals surface area contributed by atoms with Gasteiger partial charge in [-0.3, -0.25) is 28.9 Å². The fourth-order valence-electron chi connectivity index (χ4n) is 7.68. The van der Waals surface area contributed by atoms with Gasteiger partial charge in [0.15, 0.2) is 34.7 Å². The van der Waals surface area contributed by atoms with E-state index >= 15 is 0 Å². The minimum Gasteiger partial charge on any atom is -0.507 e. The Bertz CT molecular complexity index is 1610. The molecule has 224 valence electrons. The average molecular weight is 587 g/mol. The maximum absolute atomic E-state index is 14.0. The molecular formula is C32H34N4O7. The van der Waals surface area contributed by atoms with Crippen molar-refractivity contribution in [1.82, 2.24) is 9.80 Å². The van der Waals surface area contributed by atoms with E-state index in [1.54, 1.807) is 20.2 Å². The van der Waals surface area contributed by atoms with Crippen LogP contribution in [0.25, 0.3) is 11.1 Å². The topological polar surface area (TPSA) is 171 Å². The van der Waals surface area contributed by atoms with Crippen LogP contribution in [0.4, 0.5) is 5.69 Å². The van der Waals surface area contributed by atoms with Crippen LogP contribution in [0, 0.1) is 23.7 Å². The third-order valence-electron chi connectivity index (χ3n) is 9.72. The molecule has 3 fully saturated rings. The minimum absolute atomic E-state index is 0.00292. The van der Waals surface area contributed by atoms with E-state index in [4.69, 9.17) is 10.7 Å². The number of carbonyl (C=O) groups excluding carboxylic acids is 5. The van der Waals surface area contributed by atoms with E-state index in [9.17, 15) is 34.2 Å². The fourth-order valence-corrected chi connectivity index (χ4v) is 7.68. The number of phenols is 1. The molecule has 4 N–H and O–H groups in total. The summed E-state index contributed by atoms with van der Waals surface area (Å²) in [5.41, 5.74) is 5.46. The summed E-state index contributed by atoms with van der Waals surface area (Å²) in [6.45, 7) is 0.969. The standard InChI is InChI=1S/C32H34N4O7/c1-35(2)26-20-14-16-13-19-18(15-6-8-17(9-7-15)34-22-5-4-12-36(22)3)10-11-21(37)24(19)27(38)23(16)29(40)32(20,43)30(41)25(28(26)39)31(33)42/h6-11,16,20,23,25-26,37,43H,4-5,12-14H2,1-3H3,(H2,33,42)/t16-,20-,23?,25?,26-,32+/m1/s1. The van der Waals surface area contributed by atoms with Gasteiger partial charge in [-0.1, -0.05) is 18.2 Å². The summed E-state index contributed by atoms with van der Waals surface area (Å²) >= 11 is 0. The maximum atomic E-state index is 14.0. The van der Waals surface area contributed by atoms with Crippen molar-refractivity contribution in [3.63, 3.8) is 0 Å². The van der Waals surface area contributed by atoms with Gasteiger partial charge in [-0.2, -0.15) is 0 Å². The number of aliphatic hydroxyl groups is 1. The highest BCUT2D eigenvalue weighted by Crippen LogP contribution is 2.51. The van der Waals surface area contributed by atoms with Gasteiger partial charge in [-0.05, 0) is 74.2 Å². The molecule has 1 amide bonds. The molecule has 11 heteroatoms. The third kappa shape index (κ3) is 4.24. The van der Waals surface area contributed by atoms with Crippen LogP contribution >= 0.6 is 0 Å². The molecule has 0 radical (unpaired) electrons. The van der Waals surface area contributed by atoms with Gasteiger partial charge < -0.3 is 20.8 Å². The summed E-state index contributed by atoms with van der Waals surface area (Å²) < 4.78 is 0. The average Bonchev–Trinajstić information content (AvgIpc) is 3.35. The van der Waals surface area contributed by atoms with Crippen molar-refractivity contribution in [1.29, 1.82) is 0 Å². The number of likely N-dealkylation sites (tertiary alicyclic amines) is 1. The molecule has 1 saturated heterocycles. The minimum atomic E-state index is -2.74. The Hall–Kier alpha value is -4.22. The number of benzene rings is 2. The molecule has 2 aromatic rings. The smallest absolute Gasteiger partial charge is 0.235 e. The Morgan fingerprint density at radius 3 is 2.37 bits per heavy atom. The van der Waals surface area contributed by atoms with Gasteiger partial charge in [-0.25, -0.2) is 4.99 Å². The number of amidine groups is 1. The molecule has 11 nitrogen and oxygen atoms in total. The van der Waals surface area contributed by atoms with Gasteiger partial charge in [-0.15, -0.1) is 0 Å². The first-order valence-electron chi connectivity index (χ1n) is 14.4. The predicted octanol–water partition coefficient (Wildman–Crippen LogP) is 1.29. The quantitative estimate of drug-likeness (QED) is 0.447. The van der Waals surface area contributed by atoms with Crippen molar-refractivity contribution in [2.24, 2.45) is 34.4 Å². The molecule has 4 aliphatic rings. The lowest BCUT2D eigenvalue weighted by atomic mass is 9.52. The summed E-state index contributed by atoms with van der Waals surface area (Å²) in [5, 5.41) is 22.5. The van der Waals surface area contributed by atoms with Gasteiger partial charge in [0.05, 0.1) is 23.2 Å². The van der Waals surface area contributed by atoms with E-state index in [0.717, 1.165) is 36.5 Å². The van der Waals surface area contributed by atoms with Gasteiger partial charge in [0.1, 0.15) is 11.6 Å². The lowest BCUT2D eigenvalue weighted by Gasteiger charge is -2.52. The van der Waals surface area contributed by atoms with E-state index in [2.05, 4.69) is 4.90 Å². The van der Waals surface area contributed by atoms with Crippen LogP contribution < -0.4 is 5.73 Å². The zero-order chi connectivity index (χ0) is 31.0. The van der Waals surface area contributed by atoms with Crippen LogP contribution in [0.2, 0.25) is 0 Å². The molecule has 2 saturated carbocycles. The van der Waals surface area contributed by atoms with E-state index < -0.39 is 64.4 Å². The number of hydrogen-bond acceptors (Lipinski definition) is 9. The van der Waals surface area contributed by atoms with Gasteiger partial charge in [0.25, 0.3) is 0 Å². The Morgan fingerprint density at radius 2 is 1.77 bits per heavy atom. The third-order valence-corrected chi connectivity index (χ3v) is 9.72. The maximum Gasteiger partial charge on any atom is 0.235 e. The zero-order valence-electron chi connectivity index (χ0n) is 24.2. The van der Waals surface area contributed by atoms with E-state index in [1.165, 1.54) is 11.0 Å². The monoisotopic (exact) mass is 586 g/mol. The number of nitrogens with two attached hydrogens (primary N) is 1. The second kappa shape index (κ2) is 10.2. The number of likely N-dealkylation sites (N-methyl/N-ethyl adjacent to an activating group) is 1. The molecule has 3 aliphatic carbocycles. The molecule has 43 heavy (non-hydrogen) atoms. The first-order valence-corrected chi connectivity index (χ1v) is 14.4. The number of hydrogen-bond donors (Lipinski definition) is 3. The van der Waals surface area contributed by atoms with E-state index in [1.807, 2.05) is 31.3 Å². The summed E-state index contributed by atoms with van der Waals surface area (Å²) in [7, 11) is 5.13. The van der Waals surface area contributed by atoms with Crippen LogP contribution in [-0.4, -0.2) is 94.2 Å². The fraction of sp³-hybridized carbons (Fsp3) is 0.438. The number of amides is 1. The second-order valence-electron chi connectivity index (χ2n) is 12.4. The lowest BCUT2D eigenvalue weighted by Crippen LogP contribution is -2.74. The van der Waals surface area contributed by atoms with Crippen LogP contribution in [0.3, 0.4) is 0 Å². The van der Waals surface area contributed by atoms with Gasteiger partial charge >= 0.3 is 0 Å². The molecule has 1 aliphatic heterocycles. The first kappa shape index (κ1) is 28.9. The number of carbonyl (C=O) groups is 5. The normalized spacial score (nSPS) is 31.3. The Labute approximate surface area is 248 Å². The molecule has 0 bridgehead atoms. The summed E-state index contributed by atoms with van der Waals surface area (Å²) in [6.07, 6.45) is 2.18. The Balaban J connectivity index is 1.41. The van der Waals surface area contributed by atoms with Crippen molar-refractivity contribution in [3.8, 4) is 16.9 Å². The predicted molar refractivity (Wildman–Crippen MR) is 156 cm³/mol. The lowest BCUT2D eigenvalue weighted by molar-refractivity contribution is -0.181. The molecule has 0 spiro atoms. The van der Waals surface area contributed by atoms with E-state index in [-0.39, 0.29) is 24.2 Å². The van der Waals surface area contributed by atoms with Gasteiger partial charge in [0, 0.05) is 25.9 Å². The van der Waals surface area contributed by atoms with Crippen molar-refractivity contribution in [2.45, 2.75) is 37.3 Å². The number of Topliss-reactive ketones (excluding diaryl/α,β-unsaturated/α-hetero) is 4. The van der Waals surface area contributed by atoms with Crippen LogP contribution in [0.15, 0.2) is 41.4 Å². The van der Waals surface area contributed by atoms with E-state index in [0.29, 0.717) is 11.1 Å². The van der Waals surface area contributed by atoms with Gasteiger partial charge in [0.2, 0.25) is 5.91 Å². The second-order valence-corrected chi connectivity index (χ2v) is 12.4. The number of nitrogens with zero attached hydrogens (tertiary/aromatic N) is 3. The number of rotatable bonds is 4. The number of aliphatic imine (C=N–C) groups is 1. The van der Waals surface area contributed by atoms with Crippen molar-refractivity contribution in [3.05, 3.63) is 47.5 Å². The molecular weight excluding hydrogens is 552 g/mol. The van der Waals surface area contributed by atoms with Crippen molar-refractivity contribution >= 4 is 40.6 Å². The summed E-state index contributed by atoms with van der Waals surface area (Å²) in [4.78, 5) is 75.1. The van der Waals surface area contributed by atoms with Crippen LogP contribution in [0.5, 0.6) is 5.75 Å². The highest BCUT2D eigenvalue weighted by molar-refractivity contribution is 6.32. The van der Waals surface area contributed by atoms with Crippen molar-refractivity contribution < 1.29 is 34.2 Å². The zero-order valence-corrected chi connectivity index (χ0v) is 24.2. The first-order chi connectivity index (χ1) is 20.4. The largest absolute Gasteiger partial charge is 0.507 e. The molecule has 2 aromatic carbocycles. The number of ketones is 4. The highest BCUT2D eigenvalue weighted by Gasteiger charge is 2.69. The summed E-state index contributed by atoms with van der Waals surface area (Å²) in [5.74, 6) is -9.57.